The number of imide groups is 2. The molecule has 0 bridgehead atoms. The summed E-state index contributed by atoms with van der Waals surface area (Å²) in [5.74, 6) is -2.15. The van der Waals surface area contributed by atoms with E-state index in [2.05, 4.69) is 27.7 Å². The molecule has 2 heterocycles. The number of amides is 4. The number of nitrogens with zero attached hydrogens (tertiary/aromatic N) is 3. The Balaban J connectivity index is 2.07. The first-order valence-corrected chi connectivity index (χ1v) is 16.5. The van der Waals surface area contributed by atoms with Crippen molar-refractivity contribution in [3.05, 3.63) is 0 Å². The molecule has 0 aromatic rings. The zero-order chi connectivity index (χ0) is 31.0. The van der Waals surface area contributed by atoms with E-state index in [1.807, 2.05) is 39.8 Å². The lowest BCUT2D eigenvalue weighted by atomic mass is 9.64. The second kappa shape index (κ2) is 15.6. The first kappa shape index (κ1) is 35.4. The third-order valence-electron chi connectivity index (χ3n) is 9.29. The van der Waals surface area contributed by atoms with Gasteiger partial charge < -0.3 is 4.90 Å². The first-order chi connectivity index (χ1) is 19.1. The lowest BCUT2D eigenvalue weighted by molar-refractivity contribution is -0.143. The van der Waals surface area contributed by atoms with Crippen molar-refractivity contribution in [3.63, 3.8) is 0 Å². The number of carbonyl (C=O) groups excluding carboxylic acids is 4. The highest BCUT2D eigenvalue weighted by Crippen LogP contribution is 2.49. The van der Waals surface area contributed by atoms with Gasteiger partial charge in [0.05, 0.1) is 17.8 Å². The van der Waals surface area contributed by atoms with Crippen molar-refractivity contribution in [2.75, 3.05) is 33.7 Å². The van der Waals surface area contributed by atoms with Gasteiger partial charge in [-0.05, 0) is 44.2 Å². The molecule has 0 aromatic carbocycles. The average Bonchev–Trinajstić information content (AvgIpc) is 3.21. The topological polar surface area (TPSA) is 78.0 Å². The van der Waals surface area contributed by atoms with Crippen LogP contribution in [0.2, 0.25) is 0 Å². The van der Waals surface area contributed by atoms with Crippen LogP contribution in [0.5, 0.6) is 0 Å². The van der Waals surface area contributed by atoms with Crippen LogP contribution in [0.3, 0.4) is 0 Å². The highest BCUT2D eigenvalue weighted by atomic mass is 16.2. The normalized spacial score (nSPS) is 24.0. The van der Waals surface area contributed by atoms with E-state index in [1.54, 1.807) is 0 Å². The predicted molar refractivity (Wildman–Crippen MR) is 166 cm³/mol. The number of hydrogen-bond acceptors (Lipinski definition) is 5. The monoisotopic (exact) mass is 575 g/mol. The van der Waals surface area contributed by atoms with Gasteiger partial charge >= 0.3 is 0 Å². The van der Waals surface area contributed by atoms with Gasteiger partial charge in [-0.3, -0.25) is 29.0 Å². The Morgan fingerprint density at radius 3 is 1.63 bits per heavy atom. The minimum Gasteiger partial charge on any atom is -0.308 e. The SMILES string of the molecule is CCCCCCCCCCCCN1C(=O)C(CC(C)(C)C)C(C(C)(C)CC2C(=O)N(CCN(C)C)C(=O)C2C)C1=O. The van der Waals surface area contributed by atoms with Crippen LogP contribution in [0.1, 0.15) is 126 Å². The molecule has 0 spiro atoms. The van der Waals surface area contributed by atoms with Gasteiger partial charge in [-0.1, -0.05) is 106 Å². The largest absolute Gasteiger partial charge is 0.308 e. The Labute approximate surface area is 251 Å². The summed E-state index contributed by atoms with van der Waals surface area (Å²) in [7, 11) is 3.85. The molecule has 2 aliphatic heterocycles. The van der Waals surface area contributed by atoms with Crippen LogP contribution in [0.25, 0.3) is 0 Å². The number of rotatable bonds is 18. The third-order valence-corrected chi connectivity index (χ3v) is 9.29. The van der Waals surface area contributed by atoms with E-state index in [1.165, 1.54) is 54.7 Å². The maximum Gasteiger partial charge on any atom is 0.233 e. The van der Waals surface area contributed by atoms with E-state index < -0.39 is 29.1 Å². The van der Waals surface area contributed by atoms with Gasteiger partial charge in [-0.2, -0.15) is 0 Å². The molecule has 7 nitrogen and oxygen atoms in total. The zero-order valence-corrected chi connectivity index (χ0v) is 27.9. The molecule has 0 saturated carbocycles. The highest BCUT2D eigenvalue weighted by Gasteiger charge is 2.56. The second-order valence-corrected chi connectivity index (χ2v) is 15.1. The molecule has 4 unspecified atom stereocenters. The molecule has 0 N–H and O–H groups in total. The molecule has 0 radical (unpaired) electrons. The van der Waals surface area contributed by atoms with Gasteiger partial charge in [-0.25, -0.2) is 0 Å². The first-order valence-electron chi connectivity index (χ1n) is 16.5. The van der Waals surface area contributed by atoms with E-state index in [4.69, 9.17) is 0 Å². The molecule has 41 heavy (non-hydrogen) atoms. The van der Waals surface area contributed by atoms with Crippen LogP contribution in [0.4, 0.5) is 0 Å². The van der Waals surface area contributed by atoms with Crippen molar-refractivity contribution >= 4 is 23.6 Å². The van der Waals surface area contributed by atoms with Crippen molar-refractivity contribution in [3.8, 4) is 0 Å². The predicted octanol–water partition coefficient (Wildman–Crippen LogP) is 6.54. The second-order valence-electron chi connectivity index (χ2n) is 15.1. The molecule has 236 valence electrons. The van der Waals surface area contributed by atoms with Gasteiger partial charge in [0.2, 0.25) is 23.6 Å². The fraction of sp³-hybridized carbons (Fsp3) is 0.882. The van der Waals surface area contributed by atoms with E-state index in [0.29, 0.717) is 32.5 Å². The summed E-state index contributed by atoms with van der Waals surface area (Å²) in [5.41, 5.74) is -0.709. The lowest BCUT2D eigenvalue weighted by Gasteiger charge is -2.37. The van der Waals surface area contributed by atoms with Gasteiger partial charge in [-0.15, -0.1) is 0 Å². The molecule has 4 atom stereocenters. The minimum absolute atomic E-state index is 0.0478. The summed E-state index contributed by atoms with van der Waals surface area (Å²) in [6, 6.07) is 0. The lowest BCUT2D eigenvalue weighted by Crippen LogP contribution is -2.40. The Morgan fingerprint density at radius 2 is 1.12 bits per heavy atom. The highest BCUT2D eigenvalue weighted by molar-refractivity contribution is 6.06. The van der Waals surface area contributed by atoms with E-state index in [-0.39, 0.29) is 29.0 Å². The molecule has 2 fully saturated rings. The number of carbonyl (C=O) groups is 4. The quantitative estimate of drug-likeness (QED) is 0.137. The zero-order valence-electron chi connectivity index (χ0n) is 27.9. The summed E-state index contributed by atoms with van der Waals surface area (Å²) < 4.78 is 0. The number of likely N-dealkylation sites (N-methyl/N-ethyl adjacent to an activating group) is 1. The van der Waals surface area contributed by atoms with Gasteiger partial charge in [0.25, 0.3) is 0 Å². The Morgan fingerprint density at radius 1 is 0.634 bits per heavy atom. The van der Waals surface area contributed by atoms with Gasteiger partial charge in [0.1, 0.15) is 0 Å². The summed E-state index contributed by atoms with van der Waals surface area (Å²) >= 11 is 0. The van der Waals surface area contributed by atoms with Crippen molar-refractivity contribution in [1.82, 2.24) is 14.7 Å². The maximum atomic E-state index is 13.9. The van der Waals surface area contributed by atoms with Crippen LogP contribution in [0.15, 0.2) is 0 Å². The van der Waals surface area contributed by atoms with E-state index in [0.717, 1.165) is 19.3 Å². The van der Waals surface area contributed by atoms with Crippen LogP contribution in [-0.2, 0) is 19.2 Å². The summed E-state index contributed by atoms with van der Waals surface area (Å²) in [5, 5.41) is 0. The Hall–Kier alpha value is -1.76. The number of unbranched alkanes of at least 4 members (excludes halogenated alkanes) is 9. The van der Waals surface area contributed by atoms with Crippen LogP contribution < -0.4 is 0 Å². The fourth-order valence-electron chi connectivity index (χ4n) is 6.93. The summed E-state index contributed by atoms with van der Waals surface area (Å²) in [6.45, 7) is 16.0. The van der Waals surface area contributed by atoms with Gasteiger partial charge in [0, 0.05) is 25.6 Å². The summed E-state index contributed by atoms with van der Waals surface area (Å²) in [4.78, 5) is 58.9. The number of likely N-dealkylation sites (tertiary alicyclic amines) is 2. The molecule has 2 aliphatic rings. The third kappa shape index (κ3) is 9.90. The molecule has 7 heteroatoms. The van der Waals surface area contributed by atoms with E-state index >= 15 is 0 Å². The fourth-order valence-corrected chi connectivity index (χ4v) is 6.93. The van der Waals surface area contributed by atoms with Crippen molar-refractivity contribution in [1.29, 1.82) is 0 Å². The van der Waals surface area contributed by atoms with Gasteiger partial charge in [0.15, 0.2) is 0 Å². The molecule has 2 rings (SSSR count). The molecule has 2 saturated heterocycles. The molecular formula is C34H61N3O4. The average molecular weight is 576 g/mol. The molecular weight excluding hydrogens is 514 g/mol. The van der Waals surface area contributed by atoms with E-state index in [9.17, 15) is 19.2 Å². The van der Waals surface area contributed by atoms with Crippen LogP contribution in [0, 0.1) is 34.5 Å². The van der Waals surface area contributed by atoms with Crippen molar-refractivity contribution in [2.45, 2.75) is 126 Å². The Bertz CT molecular complexity index is 891. The summed E-state index contributed by atoms with van der Waals surface area (Å²) in [6.07, 6.45) is 13.1. The Kier molecular flexibility index (Phi) is 13.5. The minimum atomic E-state index is -0.596. The molecule has 0 aliphatic carbocycles. The maximum absolute atomic E-state index is 13.9. The van der Waals surface area contributed by atoms with Crippen LogP contribution >= 0.6 is 0 Å². The standard InChI is InChI=1S/C34H61N3O4/c1-10-11-12-13-14-15-16-17-18-19-20-36-31(40)27(23-33(3,4)5)28(32(36)41)34(6,7)24-26-25(2)29(38)37(30(26)39)22-21-35(8)9/h25-28H,10-24H2,1-9H3. The van der Waals surface area contributed by atoms with Crippen molar-refractivity contribution in [2.24, 2.45) is 34.5 Å². The van der Waals surface area contributed by atoms with Crippen molar-refractivity contribution < 1.29 is 19.2 Å². The van der Waals surface area contributed by atoms with Crippen LogP contribution in [-0.4, -0.2) is 72.1 Å². The molecule has 4 amide bonds. The number of hydrogen-bond donors (Lipinski definition) is 0. The smallest absolute Gasteiger partial charge is 0.233 e. The molecule has 0 aromatic heterocycles.